The van der Waals surface area contributed by atoms with Crippen LogP contribution >= 0.6 is 0 Å². The first-order chi connectivity index (χ1) is 8.61. The molecule has 0 aliphatic carbocycles. The van der Waals surface area contributed by atoms with Crippen LogP contribution in [0.25, 0.3) is 11.1 Å². The molecule has 0 atom stereocenters. The van der Waals surface area contributed by atoms with Gasteiger partial charge in [0.25, 0.3) is 0 Å². The summed E-state index contributed by atoms with van der Waals surface area (Å²) in [5.74, 6) is 0.284. The lowest BCUT2D eigenvalue weighted by atomic mass is 9.98. The van der Waals surface area contributed by atoms with E-state index in [0.29, 0.717) is 11.5 Å². The topological polar surface area (TPSA) is 26.0 Å². The highest BCUT2D eigenvalue weighted by Crippen LogP contribution is 2.24. The number of hydrogen-bond donors (Lipinski definition) is 1. The van der Waals surface area contributed by atoms with E-state index in [-0.39, 0.29) is 12.4 Å². The summed E-state index contributed by atoms with van der Waals surface area (Å²) in [7, 11) is 0. The van der Waals surface area contributed by atoms with Crippen LogP contribution in [0, 0.1) is 5.82 Å². The Morgan fingerprint density at radius 3 is 2.17 bits per heavy atom. The van der Waals surface area contributed by atoms with Crippen molar-refractivity contribution in [2.24, 2.45) is 5.73 Å². The highest BCUT2D eigenvalue weighted by molar-refractivity contribution is 5.64. The maximum atomic E-state index is 13.4. The van der Waals surface area contributed by atoms with Gasteiger partial charge in [-0.05, 0) is 34.7 Å². The molecule has 0 radical (unpaired) electrons. The molecule has 0 fully saturated rings. The summed E-state index contributed by atoms with van der Waals surface area (Å²) < 4.78 is 13.4. The van der Waals surface area contributed by atoms with Gasteiger partial charge in [-0.1, -0.05) is 44.2 Å². The van der Waals surface area contributed by atoms with Crippen molar-refractivity contribution in [3.63, 3.8) is 0 Å². The predicted molar refractivity (Wildman–Crippen MR) is 73.8 cm³/mol. The second kappa shape index (κ2) is 5.32. The lowest BCUT2D eigenvalue weighted by Crippen LogP contribution is -1.99. The molecule has 0 saturated carbocycles. The van der Waals surface area contributed by atoms with E-state index in [1.54, 1.807) is 6.07 Å². The Labute approximate surface area is 107 Å². The standard InChI is InChI=1S/C16H18FN/c1-11(2)12-3-5-13(6-4-12)14-7-8-16(17)15(9-14)10-18/h3-9,11H,10,18H2,1-2H3. The summed E-state index contributed by atoms with van der Waals surface area (Å²) in [6, 6.07) is 13.5. The molecular weight excluding hydrogens is 225 g/mol. The average molecular weight is 243 g/mol. The Hall–Kier alpha value is -1.67. The van der Waals surface area contributed by atoms with Gasteiger partial charge in [-0.15, -0.1) is 0 Å². The minimum absolute atomic E-state index is 0.226. The molecule has 94 valence electrons. The zero-order valence-electron chi connectivity index (χ0n) is 10.8. The Morgan fingerprint density at radius 2 is 1.61 bits per heavy atom. The molecule has 0 aromatic heterocycles. The van der Waals surface area contributed by atoms with Crippen LogP contribution < -0.4 is 5.73 Å². The SMILES string of the molecule is CC(C)c1ccc(-c2ccc(F)c(CN)c2)cc1. The smallest absolute Gasteiger partial charge is 0.127 e. The largest absolute Gasteiger partial charge is 0.326 e. The minimum atomic E-state index is -0.236. The van der Waals surface area contributed by atoms with Crippen molar-refractivity contribution < 1.29 is 4.39 Å². The van der Waals surface area contributed by atoms with Gasteiger partial charge in [0.1, 0.15) is 5.82 Å². The summed E-state index contributed by atoms with van der Waals surface area (Å²) in [6.07, 6.45) is 0. The highest BCUT2D eigenvalue weighted by atomic mass is 19.1. The third-order valence-electron chi connectivity index (χ3n) is 3.18. The fourth-order valence-corrected chi connectivity index (χ4v) is 1.97. The Kier molecular flexibility index (Phi) is 3.78. The van der Waals surface area contributed by atoms with Crippen LogP contribution in [0.15, 0.2) is 42.5 Å². The molecule has 0 amide bonds. The number of nitrogens with two attached hydrogens (primary N) is 1. The number of benzene rings is 2. The summed E-state index contributed by atoms with van der Waals surface area (Å²) in [5, 5.41) is 0. The van der Waals surface area contributed by atoms with E-state index in [4.69, 9.17) is 5.73 Å². The molecule has 1 nitrogen and oxygen atoms in total. The molecule has 0 aliphatic heterocycles. The van der Waals surface area contributed by atoms with E-state index in [1.165, 1.54) is 11.6 Å². The quantitative estimate of drug-likeness (QED) is 0.863. The average Bonchev–Trinajstić information content (AvgIpc) is 2.39. The first-order valence-electron chi connectivity index (χ1n) is 6.20. The molecule has 2 heteroatoms. The predicted octanol–water partition coefficient (Wildman–Crippen LogP) is 4.07. The van der Waals surface area contributed by atoms with Gasteiger partial charge in [-0.3, -0.25) is 0 Å². The molecule has 0 unspecified atom stereocenters. The Morgan fingerprint density at radius 1 is 1.00 bits per heavy atom. The Bertz CT molecular complexity index is 529. The van der Waals surface area contributed by atoms with Crippen LogP contribution in [0.1, 0.15) is 30.9 Å². The van der Waals surface area contributed by atoms with Crippen molar-refractivity contribution in [1.29, 1.82) is 0 Å². The third kappa shape index (κ3) is 2.59. The molecule has 0 bridgehead atoms. The van der Waals surface area contributed by atoms with Crippen molar-refractivity contribution in [2.75, 3.05) is 0 Å². The maximum absolute atomic E-state index is 13.4. The lowest BCUT2D eigenvalue weighted by molar-refractivity contribution is 0.611. The maximum Gasteiger partial charge on any atom is 0.127 e. The summed E-state index contributed by atoms with van der Waals surface area (Å²) in [6.45, 7) is 4.56. The van der Waals surface area contributed by atoms with Gasteiger partial charge in [0.15, 0.2) is 0 Å². The van der Waals surface area contributed by atoms with Gasteiger partial charge in [-0.2, -0.15) is 0 Å². The van der Waals surface area contributed by atoms with Crippen LogP contribution in [0.5, 0.6) is 0 Å². The Balaban J connectivity index is 2.36. The lowest BCUT2D eigenvalue weighted by Gasteiger charge is -2.08. The van der Waals surface area contributed by atoms with Crippen LogP contribution in [-0.4, -0.2) is 0 Å². The van der Waals surface area contributed by atoms with Crippen LogP contribution in [0.3, 0.4) is 0 Å². The molecule has 2 aromatic carbocycles. The normalized spacial score (nSPS) is 10.9. The molecule has 2 rings (SSSR count). The zero-order valence-corrected chi connectivity index (χ0v) is 10.8. The first-order valence-corrected chi connectivity index (χ1v) is 6.20. The number of halogens is 1. The number of hydrogen-bond acceptors (Lipinski definition) is 1. The van der Waals surface area contributed by atoms with E-state index in [9.17, 15) is 4.39 Å². The van der Waals surface area contributed by atoms with Gasteiger partial charge in [-0.25, -0.2) is 4.39 Å². The van der Waals surface area contributed by atoms with Gasteiger partial charge < -0.3 is 5.73 Å². The number of rotatable bonds is 3. The first kappa shape index (κ1) is 12.8. The molecule has 18 heavy (non-hydrogen) atoms. The van der Waals surface area contributed by atoms with Gasteiger partial charge in [0, 0.05) is 12.1 Å². The van der Waals surface area contributed by atoms with E-state index in [1.807, 2.05) is 6.07 Å². The van der Waals surface area contributed by atoms with Crippen molar-refractivity contribution in [3.8, 4) is 11.1 Å². The highest BCUT2D eigenvalue weighted by Gasteiger charge is 2.05. The molecular formula is C16H18FN. The second-order valence-electron chi connectivity index (χ2n) is 4.79. The zero-order chi connectivity index (χ0) is 13.1. The summed E-state index contributed by atoms with van der Waals surface area (Å²) in [5.41, 5.74) is 9.48. The molecule has 0 spiro atoms. The van der Waals surface area contributed by atoms with Crippen molar-refractivity contribution in [2.45, 2.75) is 26.3 Å². The van der Waals surface area contributed by atoms with Crippen molar-refractivity contribution in [1.82, 2.24) is 0 Å². The van der Waals surface area contributed by atoms with Crippen LogP contribution in [-0.2, 0) is 6.54 Å². The van der Waals surface area contributed by atoms with Crippen molar-refractivity contribution in [3.05, 3.63) is 59.4 Å². The summed E-state index contributed by atoms with van der Waals surface area (Å²) >= 11 is 0. The van der Waals surface area contributed by atoms with Crippen LogP contribution in [0.2, 0.25) is 0 Å². The molecule has 0 aliphatic rings. The fourth-order valence-electron chi connectivity index (χ4n) is 1.97. The monoisotopic (exact) mass is 243 g/mol. The van der Waals surface area contributed by atoms with E-state index in [0.717, 1.165) is 11.1 Å². The van der Waals surface area contributed by atoms with Gasteiger partial charge in [0.05, 0.1) is 0 Å². The van der Waals surface area contributed by atoms with E-state index >= 15 is 0 Å². The fraction of sp³-hybridized carbons (Fsp3) is 0.250. The molecule has 0 heterocycles. The molecule has 2 N–H and O–H groups in total. The van der Waals surface area contributed by atoms with Gasteiger partial charge in [0.2, 0.25) is 0 Å². The van der Waals surface area contributed by atoms with Crippen LogP contribution in [0.4, 0.5) is 4.39 Å². The second-order valence-corrected chi connectivity index (χ2v) is 4.79. The molecule has 0 saturated heterocycles. The third-order valence-corrected chi connectivity index (χ3v) is 3.18. The van der Waals surface area contributed by atoms with Gasteiger partial charge >= 0.3 is 0 Å². The summed E-state index contributed by atoms with van der Waals surface area (Å²) in [4.78, 5) is 0. The van der Waals surface area contributed by atoms with Crippen molar-refractivity contribution >= 4 is 0 Å². The minimum Gasteiger partial charge on any atom is -0.326 e. The molecule has 2 aromatic rings. The van der Waals surface area contributed by atoms with E-state index < -0.39 is 0 Å². The van der Waals surface area contributed by atoms with E-state index in [2.05, 4.69) is 38.1 Å².